The Hall–Kier alpha value is -2.16. The maximum Gasteiger partial charge on any atom is 0.371 e. The molecule has 3 amide bonds. The van der Waals surface area contributed by atoms with E-state index >= 15 is 0 Å². The summed E-state index contributed by atoms with van der Waals surface area (Å²) in [6.45, 7) is 2.37. The van der Waals surface area contributed by atoms with E-state index in [2.05, 4.69) is 4.84 Å². The molecule has 0 spiro atoms. The van der Waals surface area contributed by atoms with Gasteiger partial charge in [0.2, 0.25) is 5.91 Å². The number of primary amides is 1. The fourth-order valence-corrected chi connectivity index (χ4v) is 2.31. The molecule has 0 radical (unpaired) electrons. The summed E-state index contributed by atoms with van der Waals surface area (Å²) in [5, 5.41) is 9.31. The standard InChI is InChI=1S/C11H14FN3O5/c1-5-3-6-4-14(7(5)8(13)16)10(19)15(6)20-11(2,12)9(17)18/h3,6-7H,4H2,1-2H3,(H2,13,16)(H,17,18)/t6-,7-,11?/m0/s1. The fraction of sp³-hybridized carbons (Fsp3) is 0.545. The van der Waals surface area contributed by atoms with E-state index in [1.807, 2.05) is 0 Å². The first-order chi connectivity index (χ1) is 9.15. The molecule has 0 aromatic rings. The van der Waals surface area contributed by atoms with E-state index < -0.39 is 35.8 Å². The summed E-state index contributed by atoms with van der Waals surface area (Å²) in [7, 11) is 0. The highest BCUT2D eigenvalue weighted by atomic mass is 19.2. The number of urea groups is 1. The van der Waals surface area contributed by atoms with Crippen molar-refractivity contribution in [3.05, 3.63) is 11.6 Å². The molecule has 110 valence electrons. The Balaban J connectivity index is 2.27. The highest BCUT2D eigenvalue weighted by Crippen LogP contribution is 2.31. The number of fused-ring (bicyclic) bond motifs is 2. The third kappa shape index (κ3) is 2.09. The molecule has 1 unspecified atom stereocenters. The average molecular weight is 287 g/mol. The number of nitrogens with zero attached hydrogens (tertiary/aromatic N) is 2. The summed E-state index contributed by atoms with van der Waals surface area (Å²) >= 11 is 0. The molecule has 2 bridgehead atoms. The maximum absolute atomic E-state index is 13.7. The first-order valence-corrected chi connectivity index (χ1v) is 5.84. The second-order valence-electron chi connectivity index (χ2n) is 4.86. The van der Waals surface area contributed by atoms with Crippen LogP contribution in [0.4, 0.5) is 9.18 Å². The van der Waals surface area contributed by atoms with Gasteiger partial charge in [0.25, 0.3) is 0 Å². The highest BCUT2D eigenvalue weighted by molar-refractivity contribution is 5.90. The van der Waals surface area contributed by atoms with E-state index in [4.69, 9.17) is 10.8 Å². The Labute approximate surface area is 113 Å². The van der Waals surface area contributed by atoms with Crippen molar-refractivity contribution in [2.75, 3.05) is 6.54 Å². The van der Waals surface area contributed by atoms with Gasteiger partial charge in [0.15, 0.2) is 0 Å². The monoisotopic (exact) mass is 287 g/mol. The quantitative estimate of drug-likeness (QED) is 0.683. The number of carbonyl (C=O) groups is 3. The molecule has 2 aliphatic rings. The molecular formula is C11H14FN3O5. The largest absolute Gasteiger partial charge is 0.477 e. The van der Waals surface area contributed by atoms with Gasteiger partial charge in [-0.05, 0) is 12.5 Å². The lowest BCUT2D eigenvalue weighted by Crippen LogP contribution is -2.48. The number of carbonyl (C=O) groups excluding carboxylic acids is 2. The molecule has 0 saturated carbocycles. The van der Waals surface area contributed by atoms with Crippen LogP contribution in [0.1, 0.15) is 13.8 Å². The summed E-state index contributed by atoms with van der Waals surface area (Å²) in [6.07, 6.45) is 1.54. The number of rotatable bonds is 4. The van der Waals surface area contributed by atoms with Crippen molar-refractivity contribution in [1.82, 2.24) is 9.96 Å². The van der Waals surface area contributed by atoms with E-state index in [0.29, 0.717) is 17.6 Å². The summed E-state index contributed by atoms with van der Waals surface area (Å²) in [6, 6.07) is -2.38. The molecular weight excluding hydrogens is 273 g/mol. The number of hydrogen-bond acceptors (Lipinski definition) is 4. The summed E-state index contributed by atoms with van der Waals surface area (Å²) in [5.74, 6) is -5.61. The van der Waals surface area contributed by atoms with Crippen LogP contribution in [0, 0.1) is 0 Å². The van der Waals surface area contributed by atoms with Crippen molar-refractivity contribution in [3.8, 4) is 0 Å². The van der Waals surface area contributed by atoms with Crippen LogP contribution >= 0.6 is 0 Å². The SMILES string of the molecule is CC1=C[C@H]2CN(C(=O)N2OC(C)(F)C(=O)O)[C@@H]1C(N)=O. The van der Waals surface area contributed by atoms with Crippen LogP contribution < -0.4 is 5.73 Å². The van der Waals surface area contributed by atoms with Crippen LogP contribution in [0.5, 0.6) is 0 Å². The summed E-state index contributed by atoms with van der Waals surface area (Å²) < 4.78 is 13.7. The van der Waals surface area contributed by atoms with E-state index in [0.717, 1.165) is 4.90 Å². The van der Waals surface area contributed by atoms with Gasteiger partial charge in [-0.25, -0.2) is 14.4 Å². The van der Waals surface area contributed by atoms with Crippen LogP contribution in [0.3, 0.4) is 0 Å². The number of hydroxylamine groups is 2. The number of carboxylic acids is 1. The lowest BCUT2D eigenvalue weighted by Gasteiger charge is -2.27. The smallest absolute Gasteiger partial charge is 0.371 e. The molecule has 2 aliphatic heterocycles. The predicted molar refractivity (Wildman–Crippen MR) is 62.7 cm³/mol. The number of nitrogens with two attached hydrogens (primary N) is 1. The predicted octanol–water partition coefficient (Wildman–Crippen LogP) is -0.392. The molecule has 0 aliphatic carbocycles. The van der Waals surface area contributed by atoms with Crippen LogP contribution in [-0.2, 0) is 14.4 Å². The zero-order valence-corrected chi connectivity index (χ0v) is 10.9. The van der Waals surface area contributed by atoms with E-state index in [9.17, 15) is 18.8 Å². The zero-order valence-electron chi connectivity index (χ0n) is 10.9. The van der Waals surface area contributed by atoms with Gasteiger partial charge in [-0.15, -0.1) is 0 Å². The number of halogens is 1. The minimum absolute atomic E-state index is 0.0828. The summed E-state index contributed by atoms with van der Waals surface area (Å²) in [5.41, 5.74) is 5.76. The van der Waals surface area contributed by atoms with Crippen LogP contribution in [-0.4, -0.2) is 57.5 Å². The molecule has 8 nitrogen and oxygen atoms in total. The molecule has 0 aromatic carbocycles. The van der Waals surface area contributed by atoms with Crippen LogP contribution in [0.2, 0.25) is 0 Å². The van der Waals surface area contributed by atoms with Gasteiger partial charge in [0.05, 0.1) is 12.6 Å². The fourth-order valence-electron chi connectivity index (χ4n) is 2.31. The first-order valence-electron chi connectivity index (χ1n) is 5.84. The third-order valence-electron chi connectivity index (χ3n) is 3.24. The van der Waals surface area contributed by atoms with Crippen molar-refractivity contribution in [2.45, 2.75) is 31.8 Å². The Kier molecular flexibility index (Phi) is 3.17. The Bertz CT molecular complexity index is 518. The van der Waals surface area contributed by atoms with Gasteiger partial charge < -0.3 is 15.7 Å². The van der Waals surface area contributed by atoms with E-state index in [1.165, 1.54) is 6.08 Å². The summed E-state index contributed by atoms with van der Waals surface area (Å²) in [4.78, 5) is 39.9. The number of aliphatic carboxylic acids is 1. The van der Waals surface area contributed by atoms with Crippen molar-refractivity contribution in [1.29, 1.82) is 0 Å². The van der Waals surface area contributed by atoms with Crippen LogP contribution in [0.25, 0.3) is 0 Å². The molecule has 9 heteroatoms. The number of amides is 3. The second-order valence-corrected chi connectivity index (χ2v) is 4.86. The topological polar surface area (TPSA) is 113 Å². The van der Waals surface area contributed by atoms with Crippen molar-refractivity contribution in [2.24, 2.45) is 5.73 Å². The van der Waals surface area contributed by atoms with Gasteiger partial charge in [-0.3, -0.25) is 4.79 Å². The zero-order chi connectivity index (χ0) is 15.2. The van der Waals surface area contributed by atoms with Crippen molar-refractivity contribution in [3.63, 3.8) is 0 Å². The van der Waals surface area contributed by atoms with Gasteiger partial charge in [-0.1, -0.05) is 6.08 Å². The highest BCUT2D eigenvalue weighted by Gasteiger charge is 2.50. The Morgan fingerprint density at radius 2 is 2.20 bits per heavy atom. The molecule has 2 heterocycles. The number of hydrogen-bond donors (Lipinski definition) is 2. The molecule has 20 heavy (non-hydrogen) atoms. The Morgan fingerprint density at radius 3 is 2.70 bits per heavy atom. The lowest BCUT2D eigenvalue weighted by atomic mass is 10.0. The van der Waals surface area contributed by atoms with E-state index in [1.54, 1.807) is 6.92 Å². The Morgan fingerprint density at radius 1 is 1.60 bits per heavy atom. The second kappa shape index (κ2) is 4.44. The molecule has 2 rings (SSSR count). The molecule has 3 atom stereocenters. The normalized spacial score (nSPS) is 28.1. The van der Waals surface area contributed by atoms with Gasteiger partial charge in [0, 0.05) is 6.92 Å². The molecule has 1 saturated heterocycles. The van der Waals surface area contributed by atoms with Gasteiger partial charge >= 0.3 is 17.9 Å². The minimum Gasteiger partial charge on any atom is -0.477 e. The number of carboxylic acid groups (broad SMARTS) is 1. The van der Waals surface area contributed by atoms with Gasteiger partial charge in [0.1, 0.15) is 6.04 Å². The van der Waals surface area contributed by atoms with E-state index in [-0.39, 0.29) is 6.54 Å². The van der Waals surface area contributed by atoms with Crippen LogP contribution in [0.15, 0.2) is 11.6 Å². The number of alkyl halides is 1. The maximum atomic E-state index is 13.7. The average Bonchev–Trinajstić information content (AvgIpc) is 2.54. The first kappa shape index (κ1) is 14.3. The van der Waals surface area contributed by atoms with Gasteiger partial charge in [-0.2, -0.15) is 9.45 Å². The molecule has 1 fully saturated rings. The third-order valence-corrected chi connectivity index (χ3v) is 3.24. The van der Waals surface area contributed by atoms with Crippen molar-refractivity contribution < 1.29 is 28.7 Å². The molecule has 3 N–H and O–H groups in total. The van der Waals surface area contributed by atoms with Crippen molar-refractivity contribution >= 4 is 17.9 Å². The lowest BCUT2D eigenvalue weighted by molar-refractivity contribution is -0.265. The molecule has 0 aromatic heterocycles. The minimum atomic E-state index is -3.04.